The lowest BCUT2D eigenvalue weighted by molar-refractivity contribution is 0.234. The molecule has 0 unspecified atom stereocenters. The van der Waals surface area contributed by atoms with Crippen LogP contribution < -0.4 is 10.2 Å². The van der Waals surface area contributed by atoms with Crippen LogP contribution in [0.4, 0.5) is 0 Å². The van der Waals surface area contributed by atoms with Crippen molar-refractivity contribution in [1.82, 2.24) is 5.48 Å². The highest BCUT2D eigenvalue weighted by molar-refractivity contribution is 14.1. The molecular weight excluding hydrogens is 307 g/mol. The number of benzene rings is 1. The van der Waals surface area contributed by atoms with Crippen LogP contribution in [0.2, 0.25) is 0 Å². The second-order valence-corrected chi connectivity index (χ2v) is 4.14. The van der Waals surface area contributed by atoms with Crippen LogP contribution in [0.25, 0.3) is 0 Å². The molecule has 1 rings (SSSR count). The molecule has 0 heterocycles. The molecule has 0 atom stereocenters. The monoisotopic (exact) mass is 320 g/mol. The third kappa shape index (κ3) is 3.35. The van der Waals surface area contributed by atoms with Crippen LogP contribution in [0.3, 0.4) is 0 Å². The Bertz CT molecular complexity index is 355. The van der Waals surface area contributed by atoms with Gasteiger partial charge < -0.3 is 4.74 Å². The van der Waals surface area contributed by atoms with Gasteiger partial charge in [-0.05, 0) is 47.2 Å². The van der Waals surface area contributed by atoms with E-state index in [1.54, 1.807) is 18.2 Å². The molecule has 0 aliphatic rings. The van der Waals surface area contributed by atoms with E-state index in [1.807, 2.05) is 12.4 Å². The smallest absolute Gasteiger partial charge is 0.149 e. The topological polar surface area (TPSA) is 65.3 Å². The molecule has 15 heavy (non-hydrogen) atoms. The van der Waals surface area contributed by atoms with Gasteiger partial charge in [0.1, 0.15) is 11.6 Å². The largest absolute Gasteiger partial charge is 0.492 e. The maximum atomic E-state index is 8.58. The van der Waals surface area contributed by atoms with Crippen molar-refractivity contribution in [3.63, 3.8) is 0 Å². The number of halogens is 1. The van der Waals surface area contributed by atoms with E-state index < -0.39 is 0 Å². The van der Waals surface area contributed by atoms with Gasteiger partial charge in [0.15, 0.2) is 0 Å². The minimum absolute atomic E-state index is 0.0186. The molecule has 1 aromatic rings. The fourth-order valence-corrected chi connectivity index (χ4v) is 1.72. The lowest BCUT2D eigenvalue weighted by atomic mass is 10.2. The van der Waals surface area contributed by atoms with Crippen molar-refractivity contribution in [2.24, 2.45) is 0 Å². The summed E-state index contributed by atoms with van der Waals surface area (Å²) in [4.78, 5) is 0. The molecule has 0 fully saturated rings. The first-order chi connectivity index (χ1) is 7.19. The molecule has 0 spiro atoms. The average Bonchev–Trinajstić information content (AvgIpc) is 2.26. The first-order valence-electron chi connectivity index (χ1n) is 4.60. The summed E-state index contributed by atoms with van der Waals surface area (Å²) in [6, 6.07) is 5.33. The Labute approximate surface area is 102 Å². The van der Waals surface area contributed by atoms with E-state index in [1.165, 1.54) is 0 Å². The maximum Gasteiger partial charge on any atom is 0.149 e. The Morgan fingerprint density at radius 3 is 2.87 bits per heavy atom. The van der Waals surface area contributed by atoms with E-state index in [0.29, 0.717) is 12.2 Å². The van der Waals surface area contributed by atoms with Gasteiger partial charge in [-0.25, -0.2) is 0 Å². The Hall–Kier alpha value is -0.820. The molecule has 0 amide bonds. The molecule has 0 aromatic heterocycles. The summed E-state index contributed by atoms with van der Waals surface area (Å²) < 4.78 is 6.42. The number of rotatable bonds is 4. The molecule has 0 aliphatic carbocycles. The lowest BCUT2D eigenvalue weighted by Crippen LogP contribution is -2.18. The third-order valence-corrected chi connectivity index (χ3v) is 2.64. The zero-order valence-electron chi connectivity index (χ0n) is 8.38. The predicted molar refractivity (Wildman–Crippen MR) is 66.7 cm³/mol. The van der Waals surface area contributed by atoms with Crippen LogP contribution in [-0.4, -0.2) is 17.6 Å². The quantitative estimate of drug-likeness (QED) is 0.345. The van der Waals surface area contributed by atoms with Crippen molar-refractivity contribution in [3.8, 4) is 5.75 Å². The van der Waals surface area contributed by atoms with Gasteiger partial charge in [-0.1, -0.05) is 6.92 Å². The minimum atomic E-state index is -0.0186. The molecule has 1 aromatic carbocycles. The summed E-state index contributed by atoms with van der Waals surface area (Å²) >= 11 is 2.14. The second kappa shape index (κ2) is 5.92. The summed E-state index contributed by atoms with van der Waals surface area (Å²) in [5.74, 6) is 0.793. The van der Waals surface area contributed by atoms with Crippen LogP contribution in [0.5, 0.6) is 5.75 Å². The number of ether oxygens (including phenoxy) is 1. The average molecular weight is 320 g/mol. The van der Waals surface area contributed by atoms with Crippen molar-refractivity contribution in [1.29, 1.82) is 5.41 Å². The van der Waals surface area contributed by atoms with Gasteiger partial charge in [0.25, 0.3) is 0 Å². The van der Waals surface area contributed by atoms with E-state index in [-0.39, 0.29) is 5.84 Å². The number of amidine groups is 1. The molecule has 3 N–H and O–H groups in total. The SMILES string of the molecule is CCCOc1ccc(C(=N)NO)cc1I. The fourth-order valence-electron chi connectivity index (χ4n) is 1.05. The number of hydrogen-bond acceptors (Lipinski definition) is 3. The summed E-state index contributed by atoms with van der Waals surface area (Å²) in [5.41, 5.74) is 2.44. The molecule has 82 valence electrons. The van der Waals surface area contributed by atoms with Gasteiger partial charge in [0, 0.05) is 5.56 Å². The Morgan fingerprint density at radius 2 is 2.33 bits per heavy atom. The van der Waals surface area contributed by atoms with Crippen molar-refractivity contribution in [2.75, 3.05) is 6.61 Å². The number of hydroxylamine groups is 1. The van der Waals surface area contributed by atoms with Crippen molar-refractivity contribution >= 4 is 28.4 Å². The standard InChI is InChI=1S/C10H13IN2O2/c1-2-5-15-9-4-3-7(6-8(9)11)10(12)13-14/h3-4,6,14H,2,5H2,1H3,(H2,12,13). The summed E-state index contributed by atoms with van der Waals surface area (Å²) in [5, 5.41) is 16.0. The highest BCUT2D eigenvalue weighted by Crippen LogP contribution is 2.22. The van der Waals surface area contributed by atoms with Crippen LogP contribution in [-0.2, 0) is 0 Å². The van der Waals surface area contributed by atoms with Crippen LogP contribution in [0.15, 0.2) is 18.2 Å². The van der Waals surface area contributed by atoms with E-state index in [2.05, 4.69) is 22.6 Å². The zero-order chi connectivity index (χ0) is 11.3. The Morgan fingerprint density at radius 1 is 1.60 bits per heavy atom. The van der Waals surface area contributed by atoms with Crippen LogP contribution >= 0.6 is 22.6 Å². The van der Waals surface area contributed by atoms with Gasteiger partial charge in [-0.3, -0.25) is 16.1 Å². The lowest BCUT2D eigenvalue weighted by Gasteiger charge is -2.08. The van der Waals surface area contributed by atoms with Gasteiger partial charge in [-0.15, -0.1) is 0 Å². The van der Waals surface area contributed by atoms with Gasteiger partial charge >= 0.3 is 0 Å². The Balaban J connectivity index is 2.83. The molecular formula is C10H13IN2O2. The normalized spacial score (nSPS) is 9.80. The van der Waals surface area contributed by atoms with Crippen LogP contribution in [0.1, 0.15) is 18.9 Å². The molecule has 0 saturated carbocycles. The first-order valence-corrected chi connectivity index (χ1v) is 5.68. The van der Waals surface area contributed by atoms with E-state index in [0.717, 1.165) is 15.7 Å². The summed E-state index contributed by atoms with van der Waals surface area (Å²) in [6.07, 6.45) is 0.964. The number of hydrogen-bond donors (Lipinski definition) is 3. The third-order valence-electron chi connectivity index (χ3n) is 1.79. The second-order valence-electron chi connectivity index (χ2n) is 2.98. The molecule has 0 bridgehead atoms. The van der Waals surface area contributed by atoms with Crippen molar-refractivity contribution in [2.45, 2.75) is 13.3 Å². The molecule has 0 radical (unpaired) electrons. The molecule has 0 saturated heterocycles. The highest BCUT2D eigenvalue weighted by Gasteiger charge is 2.05. The van der Waals surface area contributed by atoms with E-state index in [9.17, 15) is 0 Å². The molecule has 5 heteroatoms. The Kier molecular flexibility index (Phi) is 4.83. The predicted octanol–water partition coefficient (Wildman–Crippen LogP) is 2.38. The van der Waals surface area contributed by atoms with E-state index >= 15 is 0 Å². The maximum absolute atomic E-state index is 8.58. The molecule has 0 aliphatic heterocycles. The van der Waals surface area contributed by atoms with Gasteiger partial charge in [0.05, 0.1) is 10.2 Å². The number of nitrogens with one attached hydrogen (secondary N) is 2. The minimum Gasteiger partial charge on any atom is -0.492 e. The molecule has 4 nitrogen and oxygen atoms in total. The van der Waals surface area contributed by atoms with E-state index in [4.69, 9.17) is 15.4 Å². The van der Waals surface area contributed by atoms with Crippen LogP contribution in [0, 0.1) is 8.98 Å². The van der Waals surface area contributed by atoms with Gasteiger partial charge in [0.2, 0.25) is 0 Å². The van der Waals surface area contributed by atoms with Crippen molar-refractivity contribution in [3.05, 3.63) is 27.3 Å². The summed E-state index contributed by atoms with van der Waals surface area (Å²) in [7, 11) is 0. The highest BCUT2D eigenvalue weighted by atomic mass is 127. The fraction of sp³-hybridized carbons (Fsp3) is 0.300. The van der Waals surface area contributed by atoms with Gasteiger partial charge in [-0.2, -0.15) is 0 Å². The summed E-state index contributed by atoms with van der Waals surface area (Å²) in [6.45, 7) is 2.73. The first kappa shape index (κ1) is 12.3. The van der Waals surface area contributed by atoms with Crippen molar-refractivity contribution < 1.29 is 9.94 Å². The zero-order valence-corrected chi connectivity index (χ0v) is 10.5.